The van der Waals surface area contributed by atoms with Crippen LogP contribution in [-0.4, -0.2) is 22.7 Å². The number of benzene rings is 1. The highest BCUT2D eigenvalue weighted by molar-refractivity contribution is 5.56. The van der Waals surface area contributed by atoms with Gasteiger partial charge in [0.05, 0.1) is 11.4 Å². The molecule has 136 valence electrons. The number of rotatable bonds is 2. The summed E-state index contributed by atoms with van der Waals surface area (Å²) < 4.78 is 42.7. The van der Waals surface area contributed by atoms with Gasteiger partial charge in [0.1, 0.15) is 11.6 Å². The van der Waals surface area contributed by atoms with Crippen LogP contribution in [0.1, 0.15) is 44.9 Å². The number of alkyl halides is 3. The molecule has 1 N–H and O–H groups in total. The number of anilines is 1. The first-order chi connectivity index (χ1) is 11.6. The molecule has 0 bridgehead atoms. The minimum atomic E-state index is -4.69. The normalized spacial score (nSPS) is 15.3. The molecular weight excluding hydrogens is 331 g/mol. The lowest BCUT2D eigenvalue weighted by Gasteiger charge is -2.17. The van der Waals surface area contributed by atoms with Crippen LogP contribution in [0.3, 0.4) is 0 Å². The molecule has 1 aromatic carbocycles. The van der Waals surface area contributed by atoms with Crippen molar-refractivity contribution < 1.29 is 17.9 Å². The zero-order valence-corrected chi connectivity index (χ0v) is 14.6. The molecule has 0 atom stereocenters. The van der Waals surface area contributed by atoms with Crippen molar-refractivity contribution in [1.82, 2.24) is 9.78 Å². The highest BCUT2D eigenvalue weighted by atomic mass is 19.4. The molecular formula is C18H22F3N3O. The highest BCUT2D eigenvalue weighted by Gasteiger charge is 2.31. The van der Waals surface area contributed by atoms with Crippen LogP contribution < -0.4 is 10.1 Å². The van der Waals surface area contributed by atoms with Gasteiger partial charge in [-0.05, 0) is 43.5 Å². The molecule has 2 heterocycles. The molecule has 0 saturated heterocycles. The lowest BCUT2D eigenvalue weighted by Crippen LogP contribution is -2.17. The number of hydrogen-bond acceptors (Lipinski definition) is 3. The third-order valence-electron chi connectivity index (χ3n) is 4.15. The molecule has 7 heteroatoms. The van der Waals surface area contributed by atoms with Crippen LogP contribution in [0.5, 0.6) is 5.75 Å². The summed E-state index contributed by atoms with van der Waals surface area (Å²) in [5.41, 5.74) is 2.81. The first-order valence-electron chi connectivity index (χ1n) is 8.37. The van der Waals surface area contributed by atoms with E-state index in [2.05, 4.69) is 30.8 Å². The van der Waals surface area contributed by atoms with E-state index in [9.17, 15) is 13.2 Å². The lowest BCUT2D eigenvalue weighted by molar-refractivity contribution is -0.274. The summed E-state index contributed by atoms with van der Waals surface area (Å²) in [5, 5.41) is 8.20. The Balaban J connectivity index is 2.01. The van der Waals surface area contributed by atoms with E-state index in [4.69, 9.17) is 5.10 Å². The van der Waals surface area contributed by atoms with Crippen molar-refractivity contribution in [2.75, 3.05) is 11.9 Å². The maximum Gasteiger partial charge on any atom is 0.573 e. The number of nitrogens with zero attached hydrogens (tertiary/aromatic N) is 2. The number of halogens is 3. The average Bonchev–Trinajstić information content (AvgIpc) is 2.70. The molecule has 1 aromatic heterocycles. The largest absolute Gasteiger partial charge is 0.573 e. The highest BCUT2D eigenvalue weighted by Crippen LogP contribution is 2.35. The van der Waals surface area contributed by atoms with Gasteiger partial charge in [0.25, 0.3) is 0 Å². The number of fused-ring (bicyclic) bond motifs is 1. The van der Waals surface area contributed by atoms with Crippen LogP contribution in [-0.2, 0) is 11.8 Å². The predicted octanol–water partition coefficient (Wildman–Crippen LogP) is 4.82. The van der Waals surface area contributed by atoms with Gasteiger partial charge < -0.3 is 10.1 Å². The molecule has 0 aliphatic carbocycles. The van der Waals surface area contributed by atoms with Gasteiger partial charge in [-0.25, -0.2) is 4.68 Å². The van der Waals surface area contributed by atoms with E-state index >= 15 is 0 Å². The molecule has 0 spiro atoms. The van der Waals surface area contributed by atoms with E-state index in [1.165, 1.54) is 17.7 Å². The van der Waals surface area contributed by atoms with E-state index in [1.807, 2.05) is 0 Å². The van der Waals surface area contributed by atoms with E-state index in [0.717, 1.165) is 37.3 Å². The van der Waals surface area contributed by atoms with Crippen molar-refractivity contribution in [3.05, 3.63) is 35.5 Å². The Morgan fingerprint density at radius 2 is 1.76 bits per heavy atom. The Bertz CT molecular complexity index is 743. The van der Waals surface area contributed by atoms with Crippen molar-refractivity contribution in [2.45, 2.75) is 51.8 Å². The summed E-state index contributed by atoms with van der Waals surface area (Å²) >= 11 is 0. The van der Waals surface area contributed by atoms with Crippen LogP contribution in [0.4, 0.5) is 19.0 Å². The molecule has 4 nitrogen and oxygen atoms in total. The van der Waals surface area contributed by atoms with Gasteiger partial charge in [-0.1, -0.05) is 20.8 Å². The third-order valence-corrected chi connectivity index (χ3v) is 4.15. The van der Waals surface area contributed by atoms with Gasteiger partial charge in [0, 0.05) is 17.5 Å². The Labute approximate surface area is 145 Å². The van der Waals surface area contributed by atoms with Gasteiger partial charge in [-0.15, -0.1) is 13.2 Å². The van der Waals surface area contributed by atoms with Crippen molar-refractivity contribution >= 4 is 5.82 Å². The molecule has 25 heavy (non-hydrogen) atoms. The minimum Gasteiger partial charge on any atom is -0.406 e. The molecule has 0 fully saturated rings. The molecule has 3 rings (SSSR count). The van der Waals surface area contributed by atoms with Gasteiger partial charge in [-0.2, -0.15) is 5.10 Å². The number of nitrogens with one attached hydrogen (secondary N) is 1. The second kappa shape index (κ2) is 6.28. The van der Waals surface area contributed by atoms with Gasteiger partial charge >= 0.3 is 6.36 Å². The summed E-state index contributed by atoms with van der Waals surface area (Å²) in [6.45, 7) is 7.21. The fraction of sp³-hybridized carbons (Fsp3) is 0.500. The quantitative estimate of drug-likeness (QED) is 0.842. The SMILES string of the molecule is CC(C)(C)c1nn(-c2ccc(OC(F)(F)F)cc2)c2c1CCCCN2. The van der Waals surface area contributed by atoms with Crippen LogP contribution in [0, 0.1) is 0 Å². The predicted molar refractivity (Wildman–Crippen MR) is 90.4 cm³/mol. The van der Waals surface area contributed by atoms with Crippen molar-refractivity contribution in [1.29, 1.82) is 0 Å². The molecule has 0 saturated carbocycles. The summed E-state index contributed by atoms with van der Waals surface area (Å²) in [4.78, 5) is 0. The number of hydrogen-bond donors (Lipinski definition) is 1. The summed E-state index contributed by atoms with van der Waals surface area (Å²) in [6.07, 6.45) is -1.57. The topological polar surface area (TPSA) is 39.1 Å². The van der Waals surface area contributed by atoms with E-state index in [0.29, 0.717) is 5.69 Å². The smallest absolute Gasteiger partial charge is 0.406 e. The maximum atomic E-state index is 12.3. The lowest BCUT2D eigenvalue weighted by atomic mass is 9.88. The third kappa shape index (κ3) is 3.91. The first kappa shape index (κ1) is 17.6. The summed E-state index contributed by atoms with van der Waals surface area (Å²) in [5.74, 6) is 0.699. The number of ether oxygens (including phenoxy) is 1. The average molecular weight is 353 g/mol. The Hall–Kier alpha value is -2.18. The van der Waals surface area contributed by atoms with Crippen LogP contribution in [0.2, 0.25) is 0 Å². The van der Waals surface area contributed by atoms with Crippen LogP contribution in [0.15, 0.2) is 24.3 Å². The number of aromatic nitrogens is 2. The molecule has 0 unspecified atom stereocenters. The maximum absolute atomic E-state index is 12.3. The summed E-state index contributed by atoms with van der Waals surface area (Å²) in [6, 6.07) is 5.80. The second-order valence-electron chi connectivity index (χ2n) is 7.26. The monoisotopic (exact) mass is 353 g/mol. The van der Waals surface area contributed by atoms with Gasteiger partial charge in [0.15, 0.2) is 0 Å². The minimum absolute atomic E-state index is 0.110. The second-order valence-corrected chi connectivity index (χ2v) is 7.26. The molecule has 2 aromatic rings. The van der Waals surface area contributed by atoms with Crippen molar-refractivity contribution in [3.8, 4) is 11.4 Å². The molecule has 0 radical (unpaired) electrons. The van der Waals surface area contributed by atoms with Crippen LogP contribution in [0.25, 0.3) is 5.69 Å². The fourth-order valence-electron chi connectivity index (χ4n) is 3.08. The van der Waals surface area contributed by atoms with E-state index in [1.54, 1.807) is 16.8 Å². The standard InChI is InChI=1S/C18H22F3N3O/c1-17(2,3)15-14-6-4-5-11-22-16(14)24(23-15)12-7-9-13(10-8-12)25-18(19,20)21/h7-10,22H,4-6,11H2,1-3H3. The Kier molecular flexibility index (Phi) is 4.43. The van der Waals surface area contributed by atoms with E-state index in [-0.39, 0.29) is 11.2 Å². The van der Waals surface area contributed by atoms with Gasteiger partial charge in [-0.3, -0.25) is 0 Å². The fourth-order valence-corrected chi connectivity index (χ4v) is 3.08. The van der Waals surface area contributed by atoms with E-state index < -0.39 is 6.36 Å². The Morgan fingerprint density at radius 3 is 2.36 bits per heavy atom. The van der Waals surface area contributed by atoms with Crippen LogP contribution >= 0.6 is 0 Å². The molecule has 0 amide bonds. The van der Waals surface area contributed by atoms with Crippen molar-refractivity contribution in [2.24, 2.45) is 0 Å². The van der Waals surface area contributed by atoms with Gasteiger partial charge in [0.2, 0.25) is 0 Å². The first-order valence-corrected chi connectivity index (χ1v) is 8.37. The van der Waals surface area contributed by atoms with Crippen molar-refractivity contribution in [3.63, 3.8) is 0 Å². The zero-order chi connectivity index (χ0) is 18.2. The molecule has 1 aliphatic rings. The summed E-state index contributed by atoms with van der Waals surface area (Å²) in [7, 11) is 0. The molecule has 1 aliphatic heterocycles. The Morgan fingerprint density at radius 1 is 1.08 bits per heavy atom. The zero-order valence-electron chi connectivity index (χ0n) is 14.6.